The number of hydrogen-bond acceptors (Lipinski definition) is 7. The summed E-state index contributed by atoms with van der Waals surface area (Å²) in [7, 11) is 0. The van der Waals surface area contributed by atoms with Crippen LogP contribution in [0.15, 0.2) is 66.0 Å². The lowest BCUT2D eigenvalue weighted by Gasteiger charge is -1.93. The zero-order chi connectivity index (χ0) is 24.9. The van der Waals surface area contributed by atoms with E-state index < -0.39 is 0 Å². The summed E-state index contributed by atoms with van der Waals surface area (Å²) in [6, 6.07) is 23.1. The van der Waals surface area contributed by atoms with Gasteiger partial charge in [-0.05, 0) is 6.92 Å². The maximum absolute atomic E-state index is 11.0. The molecule has 0 unspecified atom stereocenters. The fraction of sp³-hybridized carbons (Fsp3) is 0.240. The molecule has 9 heteroatoms. The molecule has 0 radical (unpaired) electrons. The molecular formula is C25H29BrN4O2S2. The maximum atomic E-state index is 11.0. The summed E-state index contributed by atoms with van der Waals surface area (Å²) in [5.41, 5.74) is 7.74. The third-order valence-corrected chi connectivity index (χ3v) is 4.82. The SMILES string of the molecule is C.CCO.N#CCC(N)=S.N#CCc1nc(-c2ccccc2)cs1.O=C(CBr)c1ccccc1. The quantitative estimate of drug-likeness (QED) is 0.224. The lowest BCUT2D eigenvalue weighted by molar-refractivity contribution is 0.102. The van der Waals surface area contributed by atoms with Gasteiger partial charge in [-0.3, -0.25) is 4.79 Å². The van der Waals surface area contributed by atoms with Gasteiger partial charge in [-0.2, -0.15) is 10.5 Å². The molecule has 3 N–H and O–H groups in total. The average Bonchev–Trinajstić information content (AvgIpc) is 3.30. The molecule has 3 rings (SSSR count). The fourth-order valence-electron chi connectivity index (χ4n) is 1.98. The van der Waals surface area contributed by atoms with Crippen molar-refractivity contribution in [3.8, 4) is 23.4 Å². The van der Waals surface area contributed by atoms with Crippen LogP contribution < -0.4 is 5.73 Å². The van der Waals surface area contributed by atoms with Crippen LogP contribution in [0.4, 0.5) is 0 Å². The Morgan fingerprint density at radius 3 is 2.06 bits per heavy atom. The topological polar surface area (TPSA) is 124 Å². The van der Waals surface area contributed by atoms with Crippen molar-refractivity contribution in [1.82, 2.24) is 4.98 Å². The third kappa shape index (κ3) is 15.8. The molecule has 0 aliphatic carbocycles. The smallest absolute Gasteiger partial charge is 0.173 e. The number of nitrogens with two attached hydrogens (primary N) is 1. The summed E-state index contributed by atoms with van der Waals surface area (Å²) in [5, 5.41) is 27.2. The van der Waals surface area contributed by atoms with Crippen LogP contribution in [0.1, 0.15) is 36.1 Å². The molecule has 0 atom stereocenters. The van der Waals surface area contributed by atoms with Crippen molar-refractivity contribution < 1.29 is 9.90 Å². The molecule has 180 valence electrons. The summed E-state index contributed by atoms with van der Waals surface area (Å²) in [6.45, 7) is 1.93. The number of nitrogens with zero attached hydrogens (tertiary/aromatic N) is 3. The number of nitriles is 2. The van der Waals surface area contributed by atoms with Gasteiger partial charge >= 0.3 is 0 Å². The van der Waals surface area contributed by atoms with Crippen LogP contribution in [0.3, 0.4) is 0 Å². The van der Waals surface area contributed by atoms with E-state index >= 15 is 0 Å². The third-order valence-electron chi connectivity index (χ3n) is 3.32. The van der Waals surface area contributed by atoms with Gasteiger partial charge in [-0.1, -0.05) is 96.2 Å². The number of alkyl halides is 1. The standard InChI is InChI=1S/C11H8N2S.C8H7BrO.C3H4N2S.C2H6O.CH4/c12-7-6-11-13-10(8-14-11)9-4-2-1-3-5-9;9-6-8(10)7-4-2-1-3-5-7;4-2-1-3(5)6;1-2-3;/h1-5,8H,6H2;1-5H,6H2;1H2,(H2,5,6);3H,2H2,1H3;1H4. The van der Waals surface area contributed by atoms with Crippen molar-refractivity contribution in [2.24, 2.45) is 5.73 Å². The van der Waals surface area contributed by atoms with E-state index in [1.54, 1.807) is 13.0 Å². The molecule has 34 heavy (non-hydrogen) atoms. The lowest BCUT2D eigenvalue weighted by Crippen LogP contribution is -2.04. The molecule has 0 spiro atoms. The van der Waals surface area contributed by atoms with Crippen LogP contribution in [-0.2, 0) is 6.42 Å². The summed E-state index contributed by atoms with van der Waals surface area (Å²) >= 11 is 8.99. The molecule has 0 fully saturated rings. The van der Waals surface area contributed by atoms with Crippen molar-refractivity contribution in [3.63, 3.8) is 0 Å². The van der Waals surface area contributed by atoms with Gasteiger partial charge in [0.15, 0.2) is 5.78 Å². The van der Waals surface area contributed by atoms with Crippen LogP contribution in [0.2, 0.25) is 0 Å². The Morgan fingerprint density at radius 2 is 1.65 bits per heavy atom. The molecule has 6 nitrogen and oxygen atoms in total. The van der Waals surface area contributed by atoms with Crippen LogP contribution >= 0.6 is 39.5 Å². The number of hydrogen-bond donors (Lipinski definition) is 2. The molecule has 3 aromatic rings. The molecule has 1 aromatic heterocycles. The van der Waals surface area contributed by atoms with Crippen molar-refractivity contribution in [1.29, 1.82) is 10.5 Å². The number of thiocarbonyl (C=S) groups is 1. The van der Waals surface area contributed by atoms with Gasteiger partial charge in [0.05, 0.1) is 41.0 Å². The number of aliphatic hydroxyl groups is 1. The second-order valence-corrected chi connectivity index (χ2v) is 7.90. The highest BCUT2D eigenvalue weighted by Crippen LogP contribution is 2.21. The average molecular weight is 562 g/mol. The normalized spacial score (nSPS) is 8.38. The van der Waals surface area contributed by atoms with Crippen molar-refractivity contribution in [2.75, 3.05) is 11.9 Å². The minimum Gasteiger partial charge on any atom is -0.397 e. The number of aliphatic hydroxyl groups excluding tert-OH is 1. The number of Topliss-reactive ketones (excluding diaryl/α,β-unsaturated/α-hetero) is 1. The van der Waals surface area contributed by atoms with Gasteiger partial charge in [0.2, 0.25) is 0 Å². The summed E-state index contributed by atoms with van der Waals surface area (Å²) in [4.78, 5) is 15.6. The van der Waals surface area contributed by atoms with E-state index in [1.165, 1.54) is 11.3 Å². The van der Waals surface area contributed by atoms with Crippen LogP contribution in [0.5, 0.6) is 0 Å². The first-order chi connectivity index (χ1) is 15.9. The van der Waals surface area contributed by atoms with Crippen LogP contribution in [0.25, 0.3) is 11.3 Å². The van der Waals surface area contributed by atoms with Gasteiger partial charge in [-0.15, -0.1) is 11.3 Å². The van der Waals surface area contributed by atoms with Crippen LogP contribution in [-0.4, -0.2) is 32.8 Å². The second kappa shape index (κ2) is 21.9. The maximum Gasteiger partial charge on any atom is 0.173 e. The Kier molecular flexibility index (Phi) is 21.4. The van der Waals surface area contributed by atoms with E-state index in [1.807, 2.05) is 66.0 Å². The zero-order valence-electron chi connectivity index (χ0n) is 18.1. The number of rotatable bonds is 5. The number of carbonyl (C=O) groups is 1. The van der Waals surface area contributed by atoms with E-state index in [2.05, 4.69) is 39.2 Å². The summed E-state index contributed by atoms with van der Waals surface area (Å²) < 4.78 is 0. The first kappa shape index (κ1) is 33.2. The molecule has 0 amide bonds. The van der Waals surface area contributed by atoms with Crippen LogP contribution in [0, 0.1) is 22.7 Å². The highest BCUT2D eigenvalue weighted by Gasteiger charge is 2.02. The van der Waals surface area contributed by atoms with E-state index in [-0.39, 0.29) is 31.2 Å². The minimum absolute atomic E-state index is 0. The van der Waals surface area contributed by atoms with Gasteiger partial charge < -0.3 is 10.8 Å². The highest BCUT2D eigenvalue weighted by molar-refractivity contribution is 9.09. The van der Waals surface area contributed by atoms with Crippen molar-refractivity contribution >= 4 is 50.3 Å². The van der Waals surface area contributed by atoms with E-state index in [4.69, 9.17) is 21.4 Å². The predicted octanol–water partition coefficient (Wildman–Crippen LogP) is 5.96. The van der Waals surface area contributed by atoms with E-state index in [0.29, 0.717) is 11.8 Å². The van der Waals surface area contributed by atoms with E-state index in [9.17, 15) is 4.79 Å². The van der Waals surface area contributed by atoms with Crippen molar-refractivity contribution in [2.45, 2.75) is 27.2 Å². The Morgan fingerprint density at radius 1 is 1.12 bits per heavy atom. The van der Waals surface area contributed by atoms with Gasteiger partial charge in [0.1, 0.15) is 5.01 Å². The number of ketones is 1. The van der Waals surface area contributed by atoms with E-state index in [0.717, 1.165) is 21.8 Å². The largest absolute Gasteiger partial charge is 0.397 e. The Hall–Kier alpha value is -2.95. The number of benzene rings is 2. The molecular weight excluding hydrogens is 532 g/mol. The fourth-order valence-corrected chi connectivity index (χ4v) is 3.10. The molecule has 0 aliphatic rings. The Labute approximate surface area is 219 Å². The number of aromatic nitrogens is 1. The highest BCUT2D eigenvalue weighted by atomic mass is 79.9. The first-order valence-corrected chi connectivity index (χ1v) is 12.1. The van der Waals surface area contributed by atoms with Gasteiger partial charge in [0.25, 0.3) is 0 Å². The number of halogens is 1. The second-order valence-electron chi connectivity index (χ2n) is 5.87. The number of carbonyl (C=O) groups excluding carboxylic acids is 1. The Balaban J connectivity index is 0. The molecule has 2 aromatic carbocycles. The molecule has 0 saturated heterocycles. The van der Waals surface area contributed by atoms with Crippen molar-refractivity contribution in [3.05, 3.63) is 76.6 Å². The molecule has 0 bridgehead atoms. The lowest BCUT2D eigenvalue weighted by atomic mass is 10.2. The first-order valence-electron chi connectivity index (χ1n) is 9.70. The Bertz CT molecular complexity index is 1030. The number of thiazole rings is 1. The predicted molar refractivity (Wildman–Crippen MR) is 148 cm³/mol. The summed E-state index contributed by atoms with van der Waals surface area (Å²) in [5.74, 6) is 0.126. The summed E-state index contributed by atoms with van der Waals surface area (Å²) in [6.07, 6.45) is 0.590. The zero-order valence-corrected chi connectivity index (χ0v) is 21.4. The minimum atomic E-state index is 0. The molecule has 1 heterocycles. The monoisotopic (exact) mass is 560 g/mol. The molecule has 0 saturated carbocycles. The van der Waals surface area contributed by atoms with Gasteiger partial charge in [-0.25, -0.2) is 4.98 Å². The molecule has 0 aliphatic heterocycles. The van der Waals surface area contributed by atoms with Gasteiger partial charge in [0, 0.05) is 23.1 Å².